The molecule has 0 aliphatic heterocycles. The Morgan fingerprint density at radius 3 is 2.67 bits per heavy atom. The molecule has 0 radical (unpaired) electrons. The molecular weight excluding hydrogens is 330 g/mol. The first-order chi connectivity index (χ1) is 11.5. The number of hydrogen-bond acceptors (Lipinski definition) is 8. The summed E-state index contributed by atoms with van der Waals surface area (Å²) in [5.74, 6) is 1.07. The number of nitrogens with two attached hydrogens (primary N) is 2. The van der Waals surface area contributed by atoms with E-state index in [0.717, 1.165) is 10.6 Å². The van der Waals surface area contributed by atoms with Crippen LogP contribution in [0.2, 0.25) is 0 Å². The van der Waals surface area contributed by atoms with E-state index in [2.05, 4.69) is 15.5 Å². The number of nitrogens with zero attached hydrogens (tertiary/aromatic N) is 2. The molecule has 1 aromatic heterocycles. The third-order valence-electron chi connectivity index (χ3n) is 3.38. The van der Waals surface area contributed by atoms with Crippen molar-refractivity contribution in [1.29, 1.82) is 0 Å². The van der Waals surface area contributed by atoms with Crippen molar-refractivity contribution in [3.8, 4) is 11.5 Å². The SMILES string of the molecule is COc1ccc([C@@H](N)CC(=O)NCCc2nnc(N)s2)cc1OC. The van der Waals surface area contributed by atoms with Gasteiger partial charge in [-0.05, 0) is 17.7 Å². The molecule has 24 heavy (non-hydrogen) atoms. The van der Waals surface area contributed by atoms with E-state index in [-0.39, 0.29) is 12.3 Å². The van der Waals surface area contributed by atoms with Gasteiger partial charge in [0.2, 0.25) is 11.0 Å². The van der Waals surface area contributed by atoms with Crippen molar-refractivity contribution in [3.05, 3.63) is 28.8 Å². The van der Waals surface area contributed by atoms with E-state index in [0.29, 0.717) is 29.6 Å². The highest BCUT2D eigenvalue weighted by Crippen LogP contribution is 2.30. The fraction of sp³-hybridized carbons (Fsp3) is 0.400. The summed E-state index contributed by atoms with van der Waals surface area (Å²) in [6.45, 7) is 0.464. The zero-order valence-corrected chi connectivity index (χ0v) is 14.4. The van der Waals surface area contributed by atoms with Gasteiger partial charge in [0.05, 0.1) is 14.2 Å². The van der Waals surface area contributed by atoms with E-state index < -0.39 is 6.04 Å². The number of benzene rings is 1. The zero-order valence-electron chi connectivity index (χ0n) is 13.6. The minimum Gasteiger partial charge on any atom is -0.493 e. The Kier molecular flexibility index (Phi) is 6.33. The zero-order chi connectivity index (χ0) is 17.5. The maximum Gasteiger partial charge on any atom is 0.221 e. The number of amides is 1. The third-order valence-corrected chi connectivity index (χ3v) is 4.20. The Morgan fingerprint density at radius 1 is 1.29 bits per heavy atom. The number of nitrogens with one attached hydrogen (secondary N) is 1. The van der Waals surface area contributed by atoms with Crippen LogP contribution in [-0.4, -0.2) is 36.9 Å². The van der Waals surface area contributed by atoms with Crippen LogP contribution in [0.25, 0.3) is 0 Å². The van der Waals surface area contributed by atoms with E-state index in [1.807, 2.05) is 6.07 Å². The van der Waals surface area contributed by atoms with Crippen LogP contribution in [0, 0.1) is 0 Å². The summed E-state index contributed by atoms with van der Waals surface area (Å²) in [5.41, 5.74) is 12.4. The Labute approximate surface area is 144 Å². The number of methoxy groups -OCH3 is 2. The Morgan fingerprint density at radius 2 is 2.04 bits per heavy atom. The summed E-state index contributed by atoms with van der Waals surface area (Å²) in [6, 6.07) is 4.94. The van der Waals surface area contributed by atoms with E-state index in [1.54, 1.807) is 26.4 Å². The van der Waals surface area contributed by atoms with Crippen LogP contribution < -0.4 is 26.3 Å². The molecule has 0 saturated heterocycles. The third kappa shape index (κ3) is 4.80. The molecule has 1 aromatic carbocycles. The lowest BCUT2D eigenvalue weighted by molar-refractivity contribution is -0.121. The molecule has 8 nitrogen and oxygen atoms in total. The van der Waals surface area contributed by atoms with Gasteiger partial charge in [0.25, 0.3) is 0 Å². The van der Waals surface area contributed by atoms with Gasteiger partial charge < -0.3 is 26.3 Å². The van der Waals surface area contributed by atoms with Gasteiger partial charge in [0, 0.05) is 25.4 Å². The quantitative estimate of drug-likeness (QED) is 0.645. The highest BCUT2D eigenvalue weighted by atomic mass is 32.1. The second kappa shape index (κ2) is 8.46. The molecule has 0 aliphatic rings. The summed E-state index contributed by atoms with van der Waals surface area (Å²) < 4.78 is 10.4. The Hall–Kier alpha value is -2.39. The van der Waals surface area contributed by atoms with Gasteiger partial charge in [-0.1, -0.05) is 17.4 Å². The summed E-state index contributed by atoms with van der Waals surface area (Å²) in [5, 5.41) is 11.6. The molecule has 0 saturated carbocycles. The normalized spacial score (nSPS) is 11.8. The topological polar surface area (TPSA) is 125 Å². The fourth-order valence-corrected chi connectivity index (χ4v) is 2.76. The largest absolute Gasteiger partial charge is 0.493 e. The average Bonchev–Trinajstić information content (AvgIpc) is 2.99. The lowest BCUT2D eigenvalue weighted by Crippen LogP contribution is -2.29. The molecule has 1 amide bonds. The number of aromatic nitrogens is 2. The Balaban J connectivity index is 1.84. The van der Waals surface area contributed by atoms with Crippen molar-refractivity contribution in [2.45, 2.75) is 18.9 Å². The number of carbonyl (C=O) groups excluding carboxylic acids is 1. The van der Waals surface area contributed by atoms with Crippen LogP contribution in [-0.2, 0) is 11.2 Å². The van der Waals surface area contributed by atoms with Crippen molar-refractivity contribution in [3.63, 3.8) is 0 Å². The van der Waals surface area contributed by atoms with Gasteiger partial charge in [-0.15, -0.1) is 10.2 Å². The lowest BCUT2D eigenvalue weighted by Gasteiger charge is -2.15. The van der Waals surface area contributed by atoms with Crippen LogP contribution in [0.1, 0.15) is 23.0 Å². The van der Waals surface area contributed by atoms with Crippen LogP contribution in [0.4, 0.5) is 5.13 Å². The van der Waals surface area contributed by atoms with E-state index in [9.17, 15) is 4.79 Å². The molecule has 5 N–H and O–H groups in total. The molecule has 0 spiro atoms. The van der Waals surface area contributed by atoms with Crippen molar-refractivity contribution in [1.82, 2.24) is 15.5 Å². The van der Waals surface area contributed by atoms with Crippen LogP contribution >= 0.6 is 11.3 Å². The first-order valence-electron chi connectivity index (χ1n) is 7.35. The smallest absolute Gasteiger partial charge is 0.221 e. The number of anilines is 1. The first kappa shape index (κ1) is 18.0. The van der Waals surface area contributed by atoms with Crippen molar-refractivity contribution >= 4 is 22.4 Å². The highest BCUT2D eigenvalue weighted by Gasteiger charge is 2.14. The molecule has 0 bridgehead atoms. The fourth-order valence-electron chi connectivity index (χ4n) is 2.15. The van der Waals surface area contributed by atoms with E-state index in [4.69, 9.17) is 20.9 Å². The van der Waals surface area contributed by atoms with Crippen LogP contribution in [0.3, 0.4) is 0 Å². The number of rotatable bonds is 8. The maximum absolute atomic E-state index is 12.0. The second-order valence-electron chi connectivity index (χ2n) is 5.06. The minimum absolute atomic E-state index is 0.130. The molecular formula is C15H21N5O3S. The molecule has 0 aliphatic carbocycles. The number of ether oxygens (including phenoxy) is 2. The Bertz CT molecular complexity index is 691. The molecule has 2 aromatic rings. The standard InChI is InChI=1S/C15H21N5O3S/c1-22-11-4-3-9(7-12(11)23-2)10(16)8-13(21)18-6-5-14-19-20-15(17)24-14/h3-4,7,10H,5-6,8,16H2,1-2H3,(H2,17,20)(H,18,21)/t10-/m0/s1. The number of hydrogen-bond donors (Lipinski definition) is 3. The molecule has 1 heterocycles. The van der Waals surface area contributed by atoms with Gasteiger partial charge in [-0.25, -0.2) is 0 Å². The van der Waals surface area contributed by atoms with E-state index >= 15 is 0 Å². The maximum atomic E-state index is 12.0. The number of nitrogen functional groups attached to an aromatic ring is 1. The van der Waals surface area contributed by atoms with Crippen molar-refractivity contribution in [2.75, 3.05) is 26.5 Å². The van der Waals surface area contributed by atoms with Gasteiger partial charge in [-0.3, -0.25) is 4.79 Å². The molecule has 0 unspecified atom stereocenters. The minimum atomic E-state index is -0.429. The predicted molar refractivity (Wildman–Crippen MR) is 92.1 cm³/mol. The van der Waals surface area contributed by atoms with Gasteiger partial charge in [-0.2, -0.15) is 0 Å². The van der Waals surface area contributed by atoms with Gasteiger partial charge >= 0.3 is 0 Å². The molecule has 0 fully saturated rings. The highest BCUT2D eigenvalue weighted by molar-refractivity contribution is 7.15. The molecule has 2 rings (SSSR count). The molecule has 1 atom stereocenters. The lowest BCUT2D eigenvalue weighted by atomic mass is 10.0. The van der Waals surface area contributed by atoms with E-state index in [1.165, 1.54) is 11.3 Å². The summed E-state index contributed by atoms with van der Waals surface area (Å²) >= 11 is 1.31. The predicted octanol–water partition coefficient (Wildman–Crippen LogP) is 0.886. The molecule has 130 valence electrons. The molecule has 9 heteroatoms. The van der Waals surface area contributed by atoms with Gasteiger partial charge in [0.15, 0.2) is 11.5 Å². The second-order valence-corrected chi connectivity index (χ2v) is 6.15. The van der Waals surface area contributed by atoms with Crippen LogP contribution in [0.15, 0.2) is 18.2 Å². The number of carbonyl (C=O) groups is 1. The first-order valence-corrected chi connectivity index (χ1v) is 8.17. The van der Waals surface area contributed by atoms with Crippen molar-refractivity contribution in [2.24, 2.45) is 5.73 Å². The van der Waals surface area contributed by atoms with Gasteiger partial charge in [0.1, 0.15) is 5.01 Å². The summed E-state index contributed by atoms with van der Waals surface area (Å²) in [7, 11) is 3.12. The van der Waals surface area contributed by atoms with Crippen LogP contribution in [0.5, 0.6) is 11.5 Å². The summed E-state index contributed by atoms with van der Waals surface area (Å²) in [4.78, 5) is 12.0. The monoisotopic (exact) mass is 351 g/mol. The summed E-state index contributed by atoms with van der Waals surface area (Å²) in [6.07, 6.45) is 0.764. The van der Waals surface area contributed by atoms with Crippen molar-refractivity contribution < 1.29 is 14.3 Å². The average molecular weight is 351 g/mol.